The maximum atomic E-state index is 13.1. The van der Waals surface area contributed by atoms with Crippen molar-refractivity contribution in [3.63, 3.8) is 0 Å². The predicted molar refractivity (Wildman–Crippen MR) is 129 cm³/mol. The zero-order valence-electron chi connectivity index (χ0n) is 19.8. The molecule has 0 bridgehead atoms. The summed E-state index contributed by atoms with van der Waals surface area (Å²) in [6, 6.07) is 17.2. The van der Waals surface area contributed by atoms with E-state index in [1.165, 1.54) is 4.90 Å². The second-order valence-electron chi connectivity index (χ2n) is 7.87. The number of nitrogens with zero attached hydrogens (tertiary/aromatic N) is 1. The van der Waals surface area contributed by atoms with Crippen LogP contribution in [0.4, 0.5) is 0 Å². The summed E-state index contributed by atoms with van der Waals surface area (Å²) in [6.45, 7) is 2.48. The lowest BCUT2D eigenvalue weighted by molar-refractivity contribution is 0.0642. The molecule has 0 saturated heterocycles. The molecule has 0 saturated carbocycles. The third-order valence-corrected chi connectivity index (χ3v) is 5.74. The van der Waals surface area contributed by atoms with E-state index in [4.69, 9.17) is 14.2 Å². The summed E-state index contributed by atoms with van der Waals surface area (Å²) in [4.78, 5) is 39.8. The van der Waals surface area contributed by atoms with Crippen LogP contribution in [-0.2, 0) is 13.1 Å². The van der Waals surface area contributed by atoms with Gasteiger partial charge in [-0.15, -0.1) is 0 Å². The lowest BCUT2D eigenvalue weighted by atomic mass is 10.1. The van der Waals surface area contributed by atoms with Crippen LogP contribution in [0.15, 0.2) is 60.7 Å². The molecule has 0 radical (unpaired) electrons. The van der Waals surface area contributed by atoms with Crippen molar-refractivity contribution < 1.29 is 28.6 Å². The fourth-order valence-corrected chi connectivity index (χ4v) is 3.97. The minimum atomic E-state index is -0.351. The Hall–Kier alpha value is -4.33. The second-order valence-corrected chi connectivity index (χ2v) is 7.87. The van der Waals surface area contributed by atoms with Crippen LogP contribution in [0.3, 0.4) is 0 Å². The highest BCUT2D eigenvalue weighted by Gasteiger charge is 2.35. The Kier molecular flexibility index (Phi) is 7.01. The number of carbonyl (C=O) groups is 3. The molecule has 4 rings (SSSR count). The predicted octanol–water partition coefficient (Wildman–Crippen LogP) is 3.83. The first-order valence-electron chi connectivity index (χ1n) is 11.2. The van der Waals surface area contributed by atoms with Crippen LogP contribution in [-0.4, -0.2) is 43.4 Å². The Bertz CT molecular complexity index is 1250. The molecule has 0 spiro atoms. The average molecular weight is 475 g/mol. The highest BCUT2D eigenvalue weighted by atomic mass is 16.5. The molecule has 180 valence electrons. The Labute approximate surface area is 203 Å². The minimum Gasteiger partial charge on any atom is -0.497 e. The first kappa shape index (κ1) is 23.8. The highest BCUT2D eigenvalue weighted by molar-refractivity contribution is 6.21. The number of carbonyl (C=O) groups excluding carboxylic acids is 3. The summed E-state index contributed by atoms with van der Waals surface area (Å²) in [7, 11) is 3.12. The van der Waals surface area contributed by atoms with Crippen LogP contribution in [0.1, 0.15) is 49.1 Å². The number of methoxy groups -OCH3 is 2. The SMILES string of the molecule is CCOc1ccc(CN2C(=O)c3ccccc3C2=O)cc1C(=O)NCc1ccc(OC)cc1OC. The number of rotatable bonds is 9. The highest BCUT2D eigenvalue weighted by Crippen LogP contribution is 2.28. The summed E-state index contributed by atoms with van der Waals surface area (Å²) < 4.78 is 16.3. The Morgan fingerprint density at radius 1 is 0.886 bits per heavy atom. The van der Waals surface area contributed by atoms with E-state index in [1.807, 2.05) is 13.0 Å². The Morgan fingerprint density at radius 3 is 2.23 bits per heavy atom. The van der Waals surface area contributed by atoms with Crippen molar-refractivity contribution in [2.24, 2.45) is 0 Å². The van der Waals surface area contributed by atoms with E-state index in [2.05, 4.69) is 5.32 Å². The molecule has 1 N–H and O–H groups in total. The number of hydrogen-bond donors (Lipinski definition) is 1. The quantitative estimate of drug-likeness (QED) is 0.474. The molecule has 1 heterocycles. The average Bonchev–Trinajstić information content (AvgIpc) is 3.13. The summed E-state index contributed by atoms with van der Waals surface area (Å²) in [6.07, 6.45) is 0. The maximum Gasteiger partial charge on any atom is 0.261 e. The zero-order chi connectivity index (χ0) is 24.9. The van der Waals surface area contributed by atoms with Crippen LogP contribution < -0.4 is 19.5 Å². The molecule has 3 amide bonds. The van der Waals surface area contributed by atoms with Gasteiger partial charge in [0.2, 0.25) is 0 Å². The van der Waals surface area contributed by atoms with Gasteiger partial charge in [0.15, 0.2) is 0 Å². The van der Waals surface area contributed by atoms with E-state index in [9.17, 15) is 14.4 Å². The zero-order valence-corrected chi connectivity index (χ0v) is 19.8. The minimum absolute atomic E-state index is 0.0470. The molecule has 0 atom stereocenters. The van der Waals surface area contributed by atoms with Crippen molar-refractivity contribution in [3.8, 4) is 17.2 Å². The van der Waals surface area contributed by atoms with Crippen molar-refractivity contribution in [3.05, 3.63) is 88.5 Å². The molecule has 0 unspecified atom stereocenters. The normalized spacial score (nSPS) is 12.4. The summed E-state index contributed by atoms with van der Waals surface area (Å²) >= 11 is 0. The van der Waals surface area contributed by atoms with Gasteiger partial charge in [-0.1, -0.05) is 18.2 Å². The van der Waals surface area contributed by atoms with Crippen molar-refractivity contribution in [1.82, 2.24) is 10.2 Å². The van der Waals surface area contributed by atoms with Crippen molar-refractivity contribution in [1.29, 1.82) is 0 Å². The fraction of sp³-hybridized carbons (Fsp3) is 0.222. The lowest BCUT2D eigenvalue weighted by Crippen LogP contribution is -2.29. The smallest absolute Gasteiger partial charge is 0.261 e. The monoisotopic (exact) mass is 474 g/mol. The summed E-state index contributed by atoms with van der Waals surface area (Å²) in [5.41, 5.74) is 2.50. The molecular weight excluding hydrogens is 448 g/mol. The molecule has 8 nitrogen and oxygen atoms in total. The van der Waals surface area contributed by atoms with Crippen molar-refractivity contribution in [2.45, 2.75) is 20.0 Å². The van der Waals surface area contributed by atoms with Gasteiger partial charge in [0.05, 0.1) is 44.1 Å². The molecule has 3 aromatic carbocycles. The summed E-state index contributed by atoms with van der Waals surface area (Å²) in [5.74, 6) is 0.605. The van der Waals surface area contributed by atoms with Crippen molar-refractivity contribution in [2.75, 3.05) is 20.8 Å². The number of hydrogen-bond acceptors (Lipinski definition) is 6. The second kappa shape index (κ2) is 10.3. The van der Waals surface area contributed by atoms with Gasteiger partial charge in [0.1, 0.15) is 17.2 Å². The number of fused-ring (bicyclic) bond motifs is 1. The molecule has 3 aromatic rings. The van der Waals surface area contributed by atoms with Gasteiger partial charge in [-0.05, 0) is 48.9 Å². The molecular formula is C27H26N2O6. The van der Waals surface area contributed by atoms with E-state index < -0.39 is 0 Å². The Morgan fingerprint density at radius 2 is 1.60 bits per heavy atom. The van der Waals surface area contributed by atoms with E-state index in [0.717, 1.165) is 5.56 Å². The number of nitrogens with one attached hydrogen (secondary N) is 1. The third kappa shape index (κ3) is 4.82. The van der Waals surface area contributed by atoms with E-state index in [-0.39, 0.29) is 30.8 Å². The molecule has 8 heteroatoms. The summed E-state index contributed by atoms with van der Waals surface area (Å²) in [5, 5.41) is 2.89. The van der Waals surface area contributed by atoms with Gasteiger partial charge in [0.25, 0.3) is 17.7 Å². The van der Waals surface area contributed by atoms with E-state index in [1.54, 1.807) is 68.8 Å². The molecule has 35 heavy (non-hydrogen) atoms. The van der Waals surface area contributed by atoms with Crippen LogP contribution in [0, 0.1) is 0 Å². The lowest BCUT2D eigenvalue weighted by Gasteiger charge is -2.17. The van der Waals surface area contributed by atoms with Gasteiger partial charge >= 0.3 is 0 Å². The number of imide groups is 1. The number of benzene rings is 3. The fourth-order valence-electron chi connectivity index (χ4n) is 3.97. The molecule has 1 aliphatic heterocycles. The number of ether oxygens (including phenoxy) is 3. The first-order chi connectivity index (χ1) is 17.0. The topological polar surface area (TPSA) is 94.2 Å². The van der Waals surface area contributed by atoms with Crippen LogP contribution in [0.2, 0.25) is 0 Å². The number of amides is 3. The van der Waals surface area contributed by atoms with Gasteiger partial charge in [-0.2, -0.15) is 0 Å². The van der Waals surface area contributed by atoms with Crippen LogP contribution in [0.5, 0.6) is 17.2 Å². The molecule has 0 aromatic heterocycles. The largest absolute Gasteiger partial charge is 0.497 e. The van der Waals surface area contributed by atoms with Gasteiger partial charge < -0.3 is 19.5 Å². The maximum absolute atomic E-state index is 13.1. The molecule has 0 fully saturated rings. The van der Waals surface area contributed by atoms with Gasteiger partial charge in [-0.25, -0.2) is 0 Å². The standard InChI is InChI=1S/C27H26N2O6/c1-4-35-23-12-9-17(16-29-26(31)20-7-5-6-8-21(20)27(29)32)13-22(23)25(30)28-15-18-10-11-19(33-2)14-24(18)34-3/h5-14H,4,15-16H2,1-3H3,(H,28,30). The molecule has 0 aliphatic carbocycles. The third-order valence-electron chi connectivity index (χ3n) is 5.74. The first-order valence-corrected chi connectivity index (χ1v) is 11.2. The van der Waals surface area contributed by atoms with Crippen molar-refractivity contribution >= 4 is 17.7 Å². The van der Waals surface area contributed by atoms with Gasteiger partial charge in [-0.3, -0.25) is 19.3 Å². The Balaban J connectivity index is 1.54. The van der Waals surface area contributed by atoms with E-state index >= 15 is 0 Å². The van der Waals surface area contributed by atoms with Crippen LogP contribution in [0.25, 0.3) is 0 Å². The molecule has 1 aliphatic rings. The van der Waals surface area contributed by atoms with E-state index in [0.29, 0.717) is 46.1 Å². The van der Waals surface area contributed by atoms with Gasteiger partial charge in [0, 0.05) is 18.2 Å². The van der Waals surface area contributed by atoms with Crippen LogP contribution >= 0.6 is 0 Å².